The zero-order valence-electron chi connectivity index (χ0n) is 14.7. The van der Waals surface area contributed by atoms with E-state index in [-0.39, 0.29) is 0 Å². The van der Waals surface area contributed by atoms with Crippen LogP contribution in [-0.4, -0.2) is 34.0 Å². The van der Waals surface area contributed by atoms with Crippen LogP contribution >= 0.6 is 11.3 Å². The molecule has 1 atom stereocenters. The first-order valence-electron chi connectivity index (χ1n) is 8.56. The third-order valence-electron chi connectivity index (χ3n) is 4.56. The molecule has 3 aromatic rings. The summed E-state index contributed by atoms with van der Waals surface area (Å²) in [4.78, 5) is 4.75. The minimum atomic E-state index is 0.313. The SMILES string of the molecule is Cc1cc(-n2c(C)cc(-c3csc(NC[C@H]4CCCO4)n3)c2C)no1. The third-order valence-corrected chi connectivity index (χ3v) is 5.36. The van der Waals surface area contributed by atoms with Crippen LogP contribution in [0.4, 0.5) is 5.13 Å². The zero-order chi connectivity index (χ0) is 17.4. The van der Waals surface area contributed by atoms with Crippen LogP contribution in [0, 0.1) is 20.8 Å². The van der Waals surface area contributed by atoms with Gasteiger partial charge in [-0.25, -0.2) is 4.98 Å². The number of hydrogen-bond donors (Lipinski definition) is 1. The fourth-order valence-electron chi connectivity index (χ4n) is 3.32. The summed E-state index contributed by atoms with van der Waals surface area (Å²) in [7, 11) is 0. The van der Waals surface area contributed by atoms with Crippen molar-refractivity contribution in [2.75, 3.05) is 18.5 Å². The van der Waals surface area contributed by atoms with Crippen LogP contribution in [0.15, 0.2) is 22.0 Å². The maximum Gasteiger partial charge on any atom is 0.183 e. The van der Waals surface area contributed by atoms with E-state index in [0.29, 0.717) is 6.10 Å². The van der Waals surface area contributed by atoms with Crippen molar-refractivity contribution in [2.45, 2.75) is 39.7 Å². The van der Waals surface area contributed by atoms with Gasteiger partial charge in [-0.1, -0.05) is 5.16 Å². The summed E-state index contributed by atoms with van der Waals surface area (Å²) in [6.45, 7) is 7.76. The van der Waals surface area contributed by atoms with Gasteiger partial charge in [0.15, 0.2) is 10.9 Å². The Balaban J connectivity index is 1.56. The number of ether oxygens (including phenoxy) is 1. The first-order chi connectivity index (χ1) is 12.1. The zero-order valence-corrected chi connectivity index (χ0v) is 15.5. The monoisotopic (exact) mass is 358 g/mol. The minimum absolute atomic E-state index is 0.313. The Hall–Kier alpha value is -2.12. The van der Waals surface area contributed by atoms with Crippen LogP contribution in [0.5, 0.6) is 0 Å². The molecule has 7 heteroatoms. The van der Waals surface area contributed by atoms with Gasteiger partial charge in [-0.2, -0.15) is 0 Å². The molecule has 1 aliphatic rings. The fourth-order valence-corrected chi connectivity index (χ4v) is 4.04. The lowest BCUT2D eigenvalue weighted by molar-refractivity contribution is 0.120. The standard InChI is InChI=1S/C18H22N4O2S/c1-11-7-15(13(3)22(11)17-8-12(2)24-21-17)16-10-25-18(20-16)19-9-14-5-4-6-23-14/h7-8,10,14H,4-6,9H2,1-3H3,(H,19,20)/t14-/m1/s1. The van der Waals surface area contributed by atoms with Gasteiger partial charge in [0.1, 0.15) is 5.76 Å². The van der Waals surface area contributed by atoms with E-state index >= 15 is 0 Å². The van der Waals surface area contributed by atoms with Crippen molar-refractivity contribution in [1.82, 2.24) is 14.7 Å². The molecule has 1 fully saturated rings. The van der Waals surface area contributed by atoms with Gasteiger partial charge in [0, 0.05) is 41.5 Å². The number of hydrogen-bond acceptors (Lipinski definition) is 6. The fraction of sp³-hybridized carbons (Fsp3) is 0.444. The van der Waals surface area contributed by atoms with Gasteiger partial charge >= 0.3 is 0 Å². The van der Waals surface area contributed by atoms with E-state index in [1.165, 1.54) is 0 Å². The smallest absolute Gasteiger partial charge is 0.183 e. The summed E-state index contributed by atoms with van der Waals surface area (Å²) < 4.78 is 13.0. The van der Waals surface area contributed by atoms with Crippen molar-refractivity contribution < 1.29 is 9.26 Å². The summed E-state index contributed by atoms with van der Waals surface area (Å²) in [5.41, 5.74) is 4.34. The largest absolute Gasteiger partial charge is 0.376 e. The number of anilines is 1. The van der Waals surface area contributed by atoms with Gasteiger partial charge in [-0.05, 0) is 39.7 Å². The van der Waals surface area contributed by atoms with Gasteiger partial charge in [-0.3, -0.25) is 4.57 Å². The van der Waals surface area contributed by atoms with Crippen molar-refractivity contribution in [1.29, 1.82) is 0 Å². The highest BCUT2D eigenvalue weighted by atomic mass is 32.1. The van der Waals surface area contributed by atoms with Crippen molar-refractivity contribution in [2.24, 2.45) is 0 Å². The number of aryl methyl sites for hydroxylation is 2. The Morgan fingerprint density at radius 2 is 2.20 bits per heavy atom. The average Bonchev–Trinajstić information content (AvgIpc) is 3.34. The molecule has 4 heterocycles. The van der Waals surface area contributed by atoms with E-state index in [1.54, 1.807) is 11.3 Å². The number of rotatable bonds is 5. The highest BCUT2D eigenvalue weighted by molar-refractivity contribution is 7.14. The van der Waals surface area contributed by atoms with Crippen LogP contribution in [0.25, 0.3) is 17.1 Å². The van der Waals surface area contributed by atoms with E-state index in [0.717, 1.165) is 65.3 Å². The van der Waals surface area contributed by atoms with Gasteiger partial charge in [0.2, 0.25) is 0 Å². The quantitative estimate of drug-likeness (QED) is 0.744. The lowest BCUT2D eigenvalue weighted by Gasteiger charge is -2.09. The van der Waals surface area contributed by atoms with Crippen LogP contribution in [-0.2, 0) is 4.74 Å². The van der Waals surface area contributed by atoms with E-state index in [1.807, 2.05) is 13.0 Å². The molecule has 1 N–H and O–H groups in total. The maximum absolute atomic E-state index is 5.65. The molecule has 3 aromatic heterocycles. The van der Waals surface area contributed by atoms with Crippen LogP contribution in [0.2, 0.25) is 0 Å². The highest BCUT2D eigenvalue weighted by Gasteiger charge is 2.18. The van der Waals surface area contributed by atoms with E-state index in [9.17, 15) is 0 Å². The van der Waals surface area contributed by atoms with E-state index < -0.39 is 0 Å². The third kappa shape index (κ3) is 3.21. The van der Waals surface area contributed by atoms with Gasteiger partial charge < -0.3 is 14.6 Å². The Kier molecular flexibility index (Phi) is 4.35. The summed E-state index contributed by atoms with van der Waals surface area (Å²) in [5.74, 6) is 1.61. The number of thiazole rings is 1. The van der Waals surface area contributed by atoms with Crippen molar-refractivity contribution in [3.63, 3.8) is 0 Å². The molecule has 4 rings (SSSR count). The molecule has 6 nitrogen and oxygen atoms in total. The van der Waals surface area contributed by atoms with Crippen molar-refractivity contribution >= 4 is 16.5 Å². The first-order valence-corrected chi connectivity index (χ1v) is 9.44. The van der Waals surface area contributed by atoms with Crippen molar-refractivity contribution in [3.05, 3.63) is 34.7 Å². The summed E-state index contributed by atoms with van der Waals surface area (Å²) >= 11 is 1.63. The van der Waals surface area contributed by atoms with Gasteiger partial charge in [0.25, 0.3) is 0 Å². The lowest BCUT2D eigenvalue weighted by atomic mass is 10.2. The molecule has 1 saturated heterocycles. The van der Waals surface area contributed by atoms with Gasteiger partial charge in [-0.15, -0.1) is 11.3 Å². The van der Waals surface area contributed by atoms with E-state index in [4.69, 9.17) is 14.2 Å². The molecule has 0 aromatic carbocycles. The first kappa shape index (κ1) is 16.4. The van der Waals surface area contributed by atoms with Crippen molar-refractivity contribution in [3.8, 4) is 17.1 Å². The molecular formula is C18H22N4O2S. The predicted octanol–water partition coefficient (Wildman–Crippen LogP) is 4.10. The Bertz CT molecular complexity index is 874. The molecule has 0 saturated carbocycles. The highest BCUT2D eigenvalue weighted by Crippen LogP contribution is 2.31. The topological polar surface area (TPSA) is 65.1 Å². The van der Waals surface area contributed by atoms with Crippen LogP contribution in [0.1, 0.15) is 30.0 Å². The molecule has 1 aliphatic heterocycles. The maximum atomic E-state index is 5.65. The number of nitrogens with one attached hydrogen (secondary N) is 1. The molecule has 25 heavy (non-hydrogen) atoms. The summed E-state index contributed by atoms with van der Waals surface area (Å²) in [5, 5.41) is 10.6. The second kappa shape index (κ2) is 6.65. The van der Waals surface area contributed by atoms with E-state index in [2.05, 4.69) is 40.3 Å². The Labute approximate surface area is 150 Å². The predicted molar refractivity (Wildman–Crippen MR) is 98.6 cm³/mol. The molecule has 132 valence electrons. The average molecular weight is 358 g/mol. The minimum Gasteiger partial charge on any atom is -0.376 e. The molecular weight excluding hydrogens is 336 g/mol. The summed E-state index contributed by atoms with van der Waals surface area (Å²) in [6.07, 6.45) is 2.60. The molecule has 0 aliphatic carbocycles. The second-order valence-corrected chi connectivity index (χ2v) is 7.33. The lowest BCUT2D eigenvalue weighted by Crippen LogP contribution is -2.18. The van der Waals surface area contributed by atoms with Crippen LogP contribution < -0.4 is 5.32 Å². The molecule has 0 spiro atoms. The van der Waals surface area contributed by atoms with Gasteiger partial charge in [0.05, 0.1) is 11.8 Å². The molecule has 0 amide bonds. The summed E-state index contributed by atoms with van der Waals surface area (Å²) in [6, 6.07) is 4.09. The molecule has 0 bridgehead atoms. The molecule has 0 unspecified atom stereocenters. The second-order valence-electron chi connectivity index (χ2n) is 6.47. The Morgan fingerprint density at radius 3 is 2.92 bits per heavy atom. The number of aromatic nitrogens is 3. The number of nitrogens with zero attached hydrogens (tertiary/aromatic N) is 3. The normalized spacial score (nSPS) is 17.3. The van der Waals surface area contributed by atoms with Crippen LogP contribution in [0.3, 0.4) is 0 Å². The molecule has 0 radical (unpaired) electrons. The Morgan fingerprint density at radius 1 is 1.32 bits per heavy atom.